The van der Waals surface area contributed by atoms with Gasteiger partial charge in [-0.25, -0.2) is 0 Å². The molecule has 0 aliphatic carbocycles. The third kappa shape index (κ3) is 110. The summed E-state index contributed by atoms with van der Waals surface area (Å²) in [7, 11) is 0. The zero-order valence-electron chi connectivity index (χ0n) is 5.95. The van der Waals surface area contributed by atoms with Crippen molar-refractivity contribution in [1.82, 2.24) is 0 Å². The summed E-state index contributed by atoms with van der Waals surface area (Å²) in [6, 6.07) is 0.333. The summed E-state index contributed by atoms with van der Waals surface area (Å²) in [5.74, 6) is 0.792. The minimum atomic E-state index is 0.333. The van der Waals surface area contributed by atoms with Crippen molar-refractivity contribution >= 4 is 11.6 Å². The molecule has 0 bridgehead atoms. The Morgan fingerprint density at radius 2 is 1.62 bits per heavy atom. The van der Waals surface area contributed by atoms with Crippen LogP contribution < -0.4 is 5.73 Å². The molecule has 0 aromatic rings. The summed E-state index contributed by atoms with van der Waals surface area (Å²) in [4.78, 5) is 0. The first kappa shape index (κ1) is 11.1. The maximum absolute atomic E-state index is 5.19. The molecule has 0 aliphatic heterocycles. The van der Waals surface area contributed by atoms with Crippen LogP contribution in [-0.2, 0) is 0 Å². The van der Waals surface area contributed by atoms with Gasteiger partial charge in [0.1, 0.15) is 0 Å². The van der Waals surface area contributed by atoms with E-state index in [0.29, 0.717) is 6.04 Å². The fraction of sp³-hybridized carbons (Fsp3) is 1.00. The Hall–Kier alpha value is 0.250. The molecule has 2 heteroatoms. The van der Waals surface area contributed by atoms with Gasteiger partial charge in [0.05, 0.1) is 0 Å². The van der Waals surface area contributed by atoms with Gasteiger partial charge >= 0.3 is 0 Å². The highest BCUT2D eigenvalue weighted by molar-refractivity contribution is 6.17. The van der Waals surface area contributed by atoms with Crippen molar-refractivity contribution in [3.05, 3.63) is 0 Å². The second-order valence-electron chi connectivity index (χ2n) is 1.93. The standard InChI is InChI=1S/C3H7Cl.C3H9N/c1-2-3-4;1-3(2)4/h2-3H2,1H3;3H,4H2,1-2H3. The Morgan fingerprint density at radius 1 is 1.50 bits per heavy atom. The summed E-state index contributed by atoms with van der Waals surface area (Å²) in [5.41, 5.74) is 5.11. The van der Waals surface area contributed by atoms with Crippen LogP contribution >= 0.6 is 11.6 Å². The Kier molecular flexibility index (Phi) is 14.3. The van der Waals surface area contributed by atoms with E-state index >= 15 is 0 Å². The molecule has 0 fully saturated rings. The fourth-order valence-electron chi connectivity index (χ4n) is 0. The molecule has 1 nitrogen and oxygen atoms in total. The van der Waals surface area contributed by atoms with Crippen LogP contribution in [0.5, 0.6) is 0 Å². The summed E-state index contributed by atoms with van der Waals surface area (Å²) >= 11 is 5.19. The highest BCUT2D eigenvalue weighted by Gasteiger charge is 1.67. The van der Waals surface area contributed by atoms with Crippen molar-refractivity contribution in [2.75, 3.05) is 5.88 Å². The van der Waals surface area contributed by atoms with Crippen LogP contribution in [0, 0.1) is 0 Å². The Balaban J connectivity index is 0. The van der Waals surface area contributed by atoms with Gasteiger partial charge in [0.25, 0.3) is 0 Å². The average Bonchev–Trinajstić information content (AvgIpc) is 1.65. The third-order valence-electron chi connectivity index (χ3n) is 0.189. The van der Waals surface area contributed by atoms with Gasteiger partial charge in [-0.3, -0.25) is 0 Å². The van der Waals surface area contributed by atoms with Crippen LogP contribution in [0.15, 0.2) is 0 Å². The van der Waals surface area contributed by atoms with Gasteiger partial charge in [0, 0.05) is 5.88 Å². The molecule has 0 saturated heterocycles. The molecule has 0 atom stereocenters. The third-order valence-corrected chi connectivity index (χ3v) is 0.567. The molecule has 0 spiro atoms. The average molecular weight is 138 g/mol. The SMILES string of the molecule is CC(C)N.CCCCl. The lowest BCUT2D eigenvalue weighted by Gasteiger charge is -1.81. The van der Waals surface area contributed by atoms with Gasteiger partial charge in [-0.15, -0.1) is 11.6 Å². The van der Waals surface area contributed by atoms with Crippen molar-refractivity contribution < 1.29 is 0 Å². The predicted molar refractivity (Wildman–Crippen MR) is 40.3 cm³/mol. The monoisotopic (exact) mass is 137 g/mol. The maximum Gasteiger partial charge on any atom is 0.0220 e. The van der Waals surface area contributed by atoms with Crippen molar-refractivity contribution in [3.63, 3.8) is 0 Å². The molecular weight excluding hydrogens is 122 g/mol. The van der Waals surface area contributed by atoms with Gasteiger partial charge in [-0.1, -0.05) is 20.8 Å². The summed E-state index contributed by atoms with van der Waals surface area (Å²) in [6.45, 7) is 5.94. The Bertz CT molecular complexity index is 25.0. The van der Waals surface area contributed by atoms with Crippen LogP contribution in [0.25, 0.3) is 0 Å². The molecule has 0 aliphatic rings. The van der Waals surface area contributed by atoms with Crippen molar-refractivity contribution in [2.24, 2.45) is 5.73 Å². The first-order chi connectivity index (χ1) is 3.65. The predicted octanol–water partition coefficient (Wildman–Crippen LogP) is 1.99. The van der Waals surface area contributed by atoms with Crippen LogP contribution in [-0.4, -0.2) is 11.9 Å². The topological polar surface area (TPSA) is 26.0 Å². The fourth-order valence-corrected chi connectivity index (χ4v) is 0. The van der Waals surface area contributed by atoms with Crippen LogP contribution in [0.1, 0.15) is 27.2 Å². The quantitative estimate of drug-likeness (QED) is 0.550. The van der Waals surface area contributed by atoms with E-state index in [1.807, 2.05) is 20.8 Å². The van der Waals surface area contributed by atoms with E-state index in [9.17, 15) is 0 Å². The van der Waals surface area contributed by atoms with Gasteiger partial charge in [-0.05, 0) is 12.5 Å². The number of hydrogen-bond donors (Lipinski definition) is 1. The molecule has 0 unspecified atom stereocenters. The van der Waals surface area contributed by atoms with E-state index < -0.39 is 0 Å². The second kappa shape index (κ2) is 10.3. The zero-order valence-corrected chi connectivity index (χ0v) is 6.70. The van der Waals surface area contributed by atoms with E-state index in [1.54, 1.807) is 0 Å². The molecule has 52 valence electrons. The minimum absolute atomic E-state index is 0.333. The van der Waals surface area contributed by atoms with Crippen LogP contribution in [0.4, 0.5) is 0 Å². The minimum Gasteiger partial charge on any atom is -0.328 e. The number of alkyl halides is 1. The lowest BCUT2D eigenvalue weighted by molar-refractivity contribution is 0.834. The highest BCUT2D eigenvalue weighted by Crippen LogP contribution is 1.75. The summed E-state index contributed by atoms with van der Waals surface area (Å²) in [5, 5.41) is 0. The maximum atomic E-state index is 5.19. The normalized spacial score (nSPS) is 8.25. The molecule has 0 aromatic carbocycles. The van der Waals surface area contributed by atoms with Gasteiger partial charge in [0.2, 0.25) is 0 Å². The highest BCUT2D eigenvalue weighted by atomic mass is 35.5. The molecule has 2 N–H and O–H groups in total. The lowest BCUT2D eigenvalue weighted by atomic mass is 10.5. The molecular formula is C6H16ClN. The lowest BCUT2D eigenvalue weighted by Crippen LogP contribution is -2.06. The second-order valence-corrected chi connectivity index (χ2v) is 2.31. The molecule has 0 amide bonds. The van der Waals surface area contributed by atoms with Crippen molar-refractivity contribution in [1.29, 1.82) is 0 Å². The first-order valence-electron chi connectivity index (χ1n) is 2.96. The number of nitrogens with two attached hydrogens (primary N) is 1. The smallest absolute Gasteiger partial charge is 0.0220 e. The summed E-state index contributed by atoms with van der Waals surface area (Å²) in [6.07, 6.45) is 1.08. The van der Waals surface area contributed by atoms with E-state index in [0.717, 1.165) is 12.3 Å². The first-order valence-corrected chi connectivity index (χ1v) is 3.50. The molecule has 0 heterocycles. The molecule has 0 aromatic heterocycles. The van der Waals surface area contributed by atoms with Gasteiger partial charge < -0.3 is 5.73 Å². The van der Waals surface area contributed by atoms with Crippen molar-refractivity contribution in [3.8, 4) is 0 Å². The van der Waals surface area contributed by atoms with Gasteiger partial charge in [0.15, 0.2) is 0 Å². The number of hydrogen-bond acceptors (Lipinski definition) is 1. The van der Waals surface area contributed by atoms with E-state index in [4.69, 9.17) is 17.3 Å². The summed E-state index contributed by atoms with van der Waals surface area (Å²) < 4.78 is 0. The van der Waals surface area contributed by atoms with E-state index in [1.165, 1.54) is 0 Å². The Labute approximate surface area is 57.2 Å². The zero-order chi connectivity index (χ0) is 6.99. The van der Waals surface area contributed by atoms with E-state index in [-0.39, 0.29) is 0 Å². The van der Waals surface area contributed by atoms with Gasteiger partial charge in [-0.2, -0.15) is 0 Å². The molecule has 0 radical (unpaired) electrons. The number of rotatable bonds is 1. The molecule has 0 saturated carbocycles. The van der Waals surface area contributed by atoms with Crippen LogP contribution in [0.3, 0.4) is 0 Å². The molecule has 0 rings (SSSR count). The van der Waals surface area contributed by atoms with E-state index in [2.05, 4.69) is 0 Å². The van der Waals surface area contributed by atoms with Crippen molar-refractivity contribution in [2.45, 2.75) is 33.2 Å². The van der Waals surface area contributed by atoms with Crippen LogP contribution in [0.2, 0.25) is 0 Å². The number of halogens is 1. The largest absolute Gasteiger partial charge is 0.328 e. The Morgan fingerprint density at radius 3 is 1.62 bits per heavy atom. The molecule has 8 heavy (non-hydrogen) atoms.